The third kappa shape index (κ3) is 10.1. The Hall–Kier alpha value is -1.36. The normalized spacial score (nSPS) is 12.2. The van der Waals surface area contributed by atoms with Gasteiger partial charge < -0.3 is 13.3 Å². The van der Waals surface area contributed by atoms with Crippen molar-refractivity contribution in [2.45, 2.75) is 84.6 Å². The SMILES string of the molecule is CCO[Si](CCCCCCCCCCCN=Cc1c(F)c(F)c(F)c(F)c1F)(OCC)OCC. The lowest BCUT2D eigenvalue weighted by molar-refractivity contribution is 0.0706. The van der Waals surface area contributed by atoms with E-state index in [0.717, 1.165) is 63.6 Å². The molecule has 0 aromatic heterocycles. The molecule has 0 saturated carbocycles. The first-order valence-electron chi connectivity index (χ1n) is 12.3. The van der Waals surface area contributed by atoms with Crippen LogP contribution in [0.25, 0.3) is 0 Å². The number of hydrogen-bond acceptors (Lipinski definition) is 4. The van der Waals surface area contributed by atoms with Crippen LogP contribution in [-0.4, -0.2) is 41.4 Å². The van der Waals surface area contributed by atoms with Gasteiger partial charge in [0.2, 0.25) is 5.82 Å². The molecule has 196 valence electrons. The first kappa shape index (κ1) is 30.7. The standard InChI is InChI=1S/C24H38F5NO3Si/c1-4-31-34(32-5-2,33-6-3)17-15-13-11-9-7-8-10-12-14-16-30-18-19-20(25)22(27)24(29)23(28)21(19)26/h18H,4-17H2,1-3H3. The van der Waals surface area contributed by atoms with Crippen LogP contribution in [0.15, 0.2) is 4.99 Å². The minimum atomic E-state index is -2.54. The highest BCUT2D eigenvalue weighted by Gasteiger charge is 2.39. The largest absolute Gasteiger partial charge is 0.500 e. The van der Waals surface area contributed by atoms with Gasteiger partial charge in [0.05, 0.1) is 5.56 Å². The van der Waals surface area contributed by atoms with Crippen molar-refractivity contribution < 1.29 is 35.2 Å². The molecule has 0 radical (unpaired) electrons. The molecular formula is C24H38F5NO3Si. The second kappa shape index (κ2) is 17.1. The summed E-state index contributed by atoms with van der Waals surface area (Å²) < 4.78 is 84.0. The lowest BCUT2D eigenvalue weighted by Crippen LogP contribution is -2.45. The lowest BCUT2D eigenvalue weighted by atomic mass is 10.1. The van der Waals surface area contributed by atoms with Gasteiger partial charge in [-0.1, -0.05) is 44.9 Å². The molecule has 10 heteroatoms. The molecule has 4 nitrogen and oxygen atoms in total. The minimum Gasteiger partial charge on any atom is -0.374 e. The Balaban J connectivity index is 2.16. The fraction of sp³-hybridized carbons (Fsp3) is 0.708. The highest BCUT2D eigenvalue weighted by Crippen LogP contribution is 2.22. The summed E-state index contributed by atoms with van der Waals surface area (Å²) in [6, 6.07) is 0.841. The predicted molar refractivity (Wildman–Crippen MR) is 126 cm³/mol. The van der Waals surface area contributed by atoms with Crippen LogP contribution < -0.4 is 0 Å². The van der Waals surface area contributed by atoms with Crippen LogP contribution in [-0.2, 0) is 13.3 Å². The summed E-state index contributed by atoms with van der Waals surface area (Å²) in [5.41, 5.74) is -1.000. The maximum absolute atomic E-state index is 13.6. The third-order valence-electron chi connectivity index (χ3n) is 5.33. The highest BCUT2D eigenvalue weighted by atomic mass is 28.4. The molecule has 0 aliphatic carbocycles. The number of aliphatic imine (C=N–C) groups is 1. The Morgan fingerprint density at radius 3 is 1.41 bits per heavy atom. The van der Waals surface area contributed by atoms with E-state index in [2.05, 4.69) is 4.99 Å². The Kier molecular flexibility index (Phi) is 15.4. The lowest BCUT2D eigenvalue weighted by Gasteiger charge is -2.28. The Labute approximate surface area is 201 Å². The number of unbranched alkanes of at least 4 members (excludes halogenated alkanes) is 8. The summed E-state index contributed by atoms with van der Waals surface area (Å²) in [6.45, 7) is 7.92. The van der Waals surface area contributed by atoms with Gasteiger partial charge in [-0.3, -0.25) is 4.99 Å². The molecule has 0 atom stereocenters. The molecule has 0 aliphatic rings. The maximum atomic E-state index is 13.6. The van der Waals surface area contributed by atoms with Crippen molar-refractivity contribution in [3.05, 3.63) is 34.6 Å². The van der Waals surface area contributed by atoms with Gasteiger partial charge in [0, 0.05) is 38.6 Å². The zero-order valence-corrected chi connectivity index (χ0v) is 21.5. The molecule has 0 saturated heterocycles. The summed E-state index contributed by atoms with van der Waals surface area (Å²) in [4.78, 5) is 3.81. The smallest absolute Gasteiger partial charge is 0.374 e. The number of rotatable bonds is 19. The minimum absolute atomic E-state index is 0.268. The summed E-state index contributed by atoms with van der Waals surface area (Å²) >= 11 is 0. The van der Waals surface area contributed by atoms with Crippen molar-refractivity contribution in [2.24, 2.45) is 4.99 Å². The van der Waals surface area contributed by atoms with Crippen LogP contribution in [0.1, 0.15) is 84.1 Å². The van der Waals surface area contributed by atoms with Gasteiger partial charge >= 0.3 is 8.80 Å². The molecule has 0 spiro atoms. The summed E-state index contributed by atoms with van der Waals surface area (Å²) in [5, 5.41) is 0. The predicted octanol–water partition coefficient (Wildman–Crippen LogP) is 7.36. The first-order chi connectivity index (χ1) is 16.3. The van der Waals surface area contributed by atoms with Crippen LogP contribution in [0.2, 0.25) is 6.04 Å². The third-order valence-corrected chi connectivity index (χ3v) is 8.48. The molecule has 0 heterocycles. The zero-order valence-electron chi connectivity index (χ0n) is 20.5. The molecule has 0 bridgehead atoms. The number of halogens is 5. The van der Waals surface area contributed by atoms with Crippen molar-refractivity contribution in [3.8, 4) is 0 Å². The Bertz CT molecular complexity index is 706. The van der Waals surface area contributed by atoms with Gasteiger partial charge in [-0.05, 0) is 33.6 Å². The van der Waals surface area contributed by atoms with E-state index < -0.39 is 43.5 Å². The monoisotopic (exact) mass is 511 g/mol. The molecule has 34 heavy (non-hydrogen) atoms. The molecule has 0 amide bonds. The molecule has 0 fully saturated rings. The van der Waals surface area contributed by atoms with Crippen LogP contribution in [0.5, 0.6) is 0 Å². The van der Waals surface area contributed by atoms with Crippen molar-refractivity contribution in [1.29, 1.82) is 0 Å². The Morgan fingerprint density at radius 1 is 0.588 bits per heavy atom. The van der Waals surface area contributed by atoms with Gasteiger partial charge in [0.15, 0.2) is 23.3 Å². The number of benzene rings is 1. The summed E-state index contributed by atoms with van der Waals surface area (Å²) in [5.74, 6) is -9.80. The molecular weight excluding hydrogens is 473 g/mol. The first-order valence-corrected chi connectivity index (χ1v) is 14.2. The van der Waals surface area contributed by atoms with E-state index in [4.69, 9.17) is 13.3 Å². The van der Waals surface area contributed by atoms with E-state index in [0.29, 0.717) is 26.2 Å². The molecule has 0 aliphatic heterocycles. The van der Waals surface area contributed by atoms with Crippen LogP contribution in [0, 0.1) is 29.1 Å². The van der Waals surface area contributed by atoms with Gasteiger partial charge in [-0.2, -0.15) is 0 Å². The number of nitrogens with zero attached hydrogens (tertiary/aromatic N) is 1. The van der Waals surface area contributed by atoms with Crippen molar-refractivity contribution in [2.75, 3.05) is 26.4 Å². The number of hydrogen-bond donors (Lipinski definition) is 0. The van der Waals surface area contributed by atoms with Crippen molar-refractivity contribution in [3.63, 3.8) is 0 Å². The van der Waals surface area contributed by atoms with Crippen LogP contribution in [0.4, 0.5) is 22.0 Å². The fourth-order valence-electron chi connectivity index (χ4n) is 3.67. The van der Waals surface area contributed by atoms with Gasteiger partial charge in [0.25, 0.3) is 0 Å². The average Bonchev–Trinajstić information content (AvgIpc) is 2.82. The van der Waals surface area contributed by atoms with Crippen molar-refractivity contribution in [1.82, 2.24) is 0 Å². The van der Waals surface area contributed by atoms with E-state index in [9.17, 15) is 22.0 Å². The molecule has 0 unspecified atom stereocenters. The Morgan fingerprint density at radius 2 is 0.971 bits per heavy atom. The topological polar surface area (TPSA) is 40.0 Å². The van der Waals surface area contributed by atoms with Gasteiger partial charge in [-0.25, -0.2) is 22.0 Å². The average molecular weight is 512 g/mol. The second-order valence-electron chi connectivity index (χ2n) is 7.93. The molecule has 1 rings (SSSR count). The zero-order chi connectivity index (χ0) is 25.4. The summed E-state index contributed by atoms with van der Waals surface area (Å²) in [7, 11) is -2.54. The van der Waals surface area contributed by atoms with Gasteiger partial charge in [-0.15, -0.1) is 0 Å². The van der Waals surface area contributed by atoms with E-state index in [1.807, 2.05) is 20.8 Å². The van der Waals surface area contributed by atoms with Crippen LogP contribution >= 0.6 is 0 Å². The van der Waals surface area contributed by atoms with E-state index >= 15 is 0 Å². The van der Waals surface area contributed by atoms with E-state index in [-0.39, 0.29) is 6.54 Å². The molecule has 1 aromatic carbocycles. The fourth-order valence-corrected chi connectivity index (χ4v) is 6.36. The van der Waals surface area contributed by atoms with E-state index in [1.165, 1.54) is 0 Å². The quantitative estimate of drug-likeness (QED) is 0.0486. The molecule has 1 aromatic rings. The maximum Gasteiger partial charge on any atom is 0.500 e. The van der Waals surface area contributed by atoms with Crippen LogP contribution in [0.3, 0.4) is 0 Å². The second-order valence-corrected chi connectivity index (χ2v) is 10.7. The van der Waals surface area contributed by atoms with E-state index in [1.54, 1.807) is 0 Å². The molecule has 0 N–H and O–H groups in total. The highest BCUT2D eigenvalue weighted by molar-refractivity contribution is 6.60. The summed E-state index contributed by atoms with van der Waals surface area (Å²) in [6.07, 6.45) is 9.91. The van der Waals surface area contributed by atoms with Gasteiger partial charge in [0.1, 0.15) is 0 Å². The van der Waals surface area contributed by atoms with Crippen molar-refractivity contribution >= 4 is 15.0 Å².